The first-order valence-corrected chi connectivity index (χ1v) is 8.93. The molecule has 0 N–H and O–H groups in total. The minimum Gasteiger partial charge on any atom is -0.458 e. The Morgan fingerprint density at radius 3 is 3.00 bits per heavy atom. The van der Waals surface area contributed by atoms with Crippen molar-refractivity contribution in [1.29, 1.82) is 0 Å². The number of likely N-dealkylation sites (tertiary alicyclic amines) is 1. The summed E-state index contributed by atoms with van der Waals surface area (Å²) < 4.78 is 12.1. The zero-order chi connectivity index (χ0) is 17.1. The van der Waals surface area contributed by atoms with Crippen molar-refractivity contribution >= 4 is 0 Å². The van der Waals surface area contributed by atoms with Crippen molar-refractivity contribution in [3.8, 4) is 6.01 Å². The maximum absolute atomic E-state index is 6.22. The molecule has 0 bridgehead atoms. The van der Waals surface area contributed by atoms with Crippen LogP contribution in [0.5, 0.6) is 6.01 Å². The van der Waals surface area contributed by atoms with Gasteiger partial charge >= 0.3 is 6.01 Å². The van der Waals surface area contributed by atoms with Crippen LogP contribution in [0.2, 0.25) is 0 Å². The summed E-state index contributed by atoms with van der Waals surface area (Å²) in [5.41, 5.74) is 2.08. The van der Waals surface area contributed by atoms with Gasteiger partial charge in [-0.1, -0.05) is 6.07 Å². The Bertz CT molecular complexity index is 712. The zero-order valence-corrected chi connectivity index (χ0v) is 14.6. The molecule has 2 aromatic rings. The fourth-order valence-corrected chi connectivity index (χ4v) is 3.90. The van der Waals surface area contributed by atoms with E-state index in [4.69, 9.17) is 9.47 Å². The van der Waals surface area contributed by atoms with Crippen LogP contribution >= 0.6 is 0 Å². The quantitative estimate of drug-likeness (QED) is 0.852. The average molecular weight is 340 g/mol. The van der Waals surface area contributed by atoms with Crippen molar-refractivity contribution in [3.63, 3.8) is 0 Å². The minimum atomic E-state index is -0.110. The fraction of sp³-hybridized carbons (Fsp3) is 0.526. The third-order valence-electron chi connectivity index (χ3n) is 4.94. The van der Waals surface area contributed by atoms with Gasteiger partial charge in [0.15, 0.2) is 0 Å². The summed E-state index contributed by atoms with van der Waals surface area (Å²) in [7, 11) is 0. The molecule has 2 saturated heterocycles. The average Bonchev–Trinajstić information content (AvgIpc) is 2.97. The number of aryl methyl sites for hydroxylation is 1. The van der Waals surface area contributed by atoms with Crippen LogP contribution in [0.3, 0.4) is 0 Å². The van der Waals surface area contributed by atoms with Crippen LogP contribution in [0.15, 0.2) is 36.7 Å². The highest BCUT2D eigenvalue weighted by Crippen LogP contribution is 2.36. The molecular weight excluding hydrogens is 316 g/mol. The molecule has 4 rings (SSSR count). The van der Waals surface area contributed by atoms with Gasteiger partial charge in [-0.2, -0.15) is 0 Å². The van der Waals surface area contributed by atoms with E-state index in [2.05, 4.69) is 32.0 Å². The third kappa shape index (κ3) is 3.96. The van der Waals surface area contributed by atoms with E-state index in [-0.39, 0.29) is 11.7 Å². The number of nitrogens with zero attached hydrogens (tertiary/aromatic N) is 4. The monoisotopic (exact) mass is 340 g/mol. The summed E-state index contributed by atoms with van der Waals surface area (Å²) in [4.78, 5) is 15.4. The Labute approximate surface area is 148 Å². The predicted molar refractivity (Wildman–Crippen MR) is 93.2 cm³/mol. The molecule has 2 aliphatic rings. The standard InChI is InChI=1S/C19H24N4O2/c1-15-5-2-6-16(22-15)12-23-10-3-7-19(14-23)11-17(13-24-19)25-18-20-8-4-9-21-18/h2,4-6,8-9,17H,3,7,10-14H2,1H3/t17-,19+/m0/s1. The lowest BCUT2D eigenvalue weighted by molar-refractivity contribution is -0.0541. The molecule has 0 aromatic carbocycles. The van der Waals surface area contributed by atoms with Crippen LogP contribution in [0, 0.1) is 6.92 Å². The predicted octanol–water partition coefficient (Wildman–Crippen LogP) is 2.38. The molecule has 6 nitrogen and oxygen atoms in total. The molecule has 0 unspecified atom stereocenters. The normalized spacial score (nSPS) is 26.8. The van der Waals surface area contributed by atoms with Crippen molar-refractivity contribution in [2.75, 3.05) is 19.7 Å². The molecule has 132 valence electrons. The van der Waals surface area contributed by atoms with Crippen molar-refractivity contribution in [2.45, 2.75) is 44.4 Å². The highest BCUT2D eigenvalue weighted by Gasteiger charge is 2.44. The first-order chi connectivity index (χ1) is 12.2. The van der Waals surface area contributed by atoms with Gasteiger partial charge in [0, 0.05) is 37.6 Å². The highest BCUT2D eigenvalue weighted by molar-refractivity contribution is 5.10. The largest absolute Gasteiger partial charge is 0.458 e. The summed E-state index contributed by atoms with van der Waals surface area (Å²) >= 11 is 0. The van der Waals surface area contributed by atoms with E-state index in [1.54, 1.807) is 18.5 Å². The number of rotatable bonds is 4. The van der Waals surface area contributed by atoms with Crippen LogP contribution in [0.1, 0.15) is 30.7 Å². The zero-order valence-electron chi connectivity index (χ0n) is 14.6. The number of piperidine rings is 1. The second kappa shape index (κ2) is 7.06. The number of hydrogen-bond donors (Lipinski definition) is 0. The maximum atomic E-state index is 6.22. The molecule has 4 heterocycles. The Balaban J connectivity index is 1.37. The molecule has 0 amide bonds. The first kappa shape index (κ1) is 16.4. The molecule has 0 aliphatic carbocycles. The van der Waals surface area contributed by atoms with Gasteiger partial charge in [-0.15, -0.1) is 0 Å². The second-order valence-electron chi connectivity index (χ2n) is 7.05. The lowest BCUT2D eigenvalue weighted by atomic mass is 9.89. The Morgan fingerprint density at radius 2 is 2.16 bits per heavy atom. The smallest absolute Gasteiger partial charge is 0.316 e. The molecule has 2 fully saturated rings. The van der Waals surface area contributed by atoms with Gasteiger partial charge in [-0.05, 0) is 44.5 Å². The van der Waals surface area contributed by atoms with E-state index in [0.717, 1.165) is 50.3 Å². The van der Waals surface area contributed by atoms with Crippen LogP contribution in [0.25, 0.3) is 0 Å². The van der Waals surface area contributed by atoms with Gasteiger partial charge in [-0.3, -0.25) is 9.88 Å². The van der Waals surface area contributed by atoms with E-state index < -0.39 is 0 Å². The molecule has 2 aliphatic heterocycles. The highest BCUT2D eigenvalue weighted by atomic mass is 16.6. The van der Waals surface area contributed by atoms with Crippen molar-refractivity contribution < 1.29 is 9.47 Å². The minimum absolute atomic E-state index is 0.0273. The van der Waals surface area contributed by atoms with Crippen LogP contribution in [-0.4, -0.2) is 51.3 Å². The number of ether oxygens (including phenoxy) is 2. The van der Waals surface area contributed by atoms with Gasteiger partial charge in [0.25, 0.3) is 0 Å². The Hall–Kier alpha value is -2.05. The summed E-state index contributed by atoms with van der Waals surface area (Å²) in [6.45, 7) is 5.54. The lowest BCUT2D eigenvalue weighted by Gasteiger charge is -2.39. The fourth-order valence-electron chi connectivity index (χ4n) is 3.90. The van der Waals surface area contributed by atoms with Crippen LogP contribution < -0.4 is 4.74 Å². The molecule has 0 radical (unpaired) electrons. The van der Waals surface area contributed by atoms with E-state index in [1.165, 1.54) is 0 Å². The molecular formula is C19H24N4O2. The van der Waals surface area contributed by atoms with Crippen molar-refractivity contribution in [3.05, 3.63) is 48.0 Å². The molecule has 2 atom stereocenters. The van der Waals surface area contributed by atoms with E-state index in [0.29, 0.717) is 12.6 Å². The SMILES string of the molecule is Cc1cccc(CN2CCC[C@@]3(C[C@H](Oc4ncccn4)CO3)C2)n1. The van der Waals surface area contributed by atoms with Gasteiger partial charge in [0.2, 0.25) is 0 Å². The third-order valence-corrected chi connectivity index (χ3v) is 4.94. The van der Waals surface area contributed by atoms with Crippen LogP contribution in [0.4, 0.5) is 0 Å². The lowest BCUT2D eigenvalue weighted by Crippen LogP contribution is -2.47. The van der Waals surface area contributed by atoms with E-state index >= 15 is 0 Å². The summed E-state index contributed by atoms with van der Waals surface area (Å²) in [6, 6.07) is 8.44. The molecule has 0 saturated carbocycles. The molecule has 25 heavy (non-hydrogen) atoms. The van der Waals surface area contributed by atoms with Crippen molar-refractivity contribution in [2.24, 2.45) is 0 Å². The van der Waals surface area contributed by atoms with Gasteiger partial charge in [-0.25, -0.2) is 9.97 Å². The molecule has 2 aromatic heterocycles. The Morgan fingerprint density at radius 1 is 1.28 bits per heavy atom. The molecule has 1 spiro atoms. The Kier molecular flexibility index (Phi) is 4.63. The second-order valence-corrected chi connectivity index (χ2v) is 7.05. The summed E-state index contributed by atoms with van der Waals surface area (Å²) in [5, 5.41) is 0. The number of aromatic nitrogens is 3. The van der Waals surface area contributed by atoms with Gasteiger partial charge in [0.05, 0.1) is 17.9 Å². The summed E-state index contributed by atoms with van der Waals surface area (Å²) in [5.74, 6) is 0. The molecule has 6 heteroatoms. The maximum Gasteiger partial charge on any atom is 0.316 e. The van der Waals surface area contributed by atoms with E-state index in [9.17, 15) is 0 Å². The van der Waals surface area contributed by atoms with Crippen LogP contribution in [-0.2, 0) is 11.3 Å². The first-order valence-electron chi connectivity index (χ1n) is 8.93. The van der Waals surface area contributed by atoms with Gasteiger partial charge in [0.1, 0.15) is 6.10 Å². The summed E-state index contributed by atoms with van der Waals surface area (Å²) in [6.07, 6.45) is 6.54. The number of hydrogen-bond acceptors (Lipinski definition) is 6. The van der Waals surface area contributed by atoms with Gasteiger partial charge < -0.3 is 9.47 Å². The van der Waals surface area contributed by atoms with E-state index in [1.807, 2.05) is 13.0 Å². The topological polar surface area (TPSA) is 60.4 Å². The number of pyridine rings is 1. The van der Waals surface area contributed by atoms with Crippen molar-refractivity contribution in [1.82, 2.24) is 19.9 Å².